The maximum Gasteiger partial charge on any atom is 0.143 e. The standard InChI is InChI=1S/C11H14ClNOS/c1-8-2-4-11(14,5-3-8)6-9-10(12)13-7-15-9/h2,4,7-8,14H,3,5-6H2,1H3. The summed E-state index contributed by atoms with van der Waals surface area (Å²) in [6, 6.07) is 0. The van der Waals surface area contributed by atoms with Gasteiger partial charge in [0.25, 0.3) is 0 Å². The highest BCUT2D eigenvalue weighted by molar-refractivity contribution is 7.10. The van der Waals surface area contributed by atoms with Gasteiger partial charge in [-0.2, -0.15) is 0 Å². The summed E-state index contributed by atoms with van der Waals surface area (Å²) in [4.78, 5) is 4.95. The van der Waals surface area contributed by atoms with E-state index < -0.39 is 5.60 Å². The molecule has 0 spiro atoms. The fraction of sp³-hybridized carbons (Fsp3) is 0.545. The number of hydrogen-bond donors (Lipinski definition) is 1. The second-order valence-electron chi connectivity index (χ2n) is 4.22. The van der Waals surface area contributed by atoms with E-state index in [0.717, 1.165) is 17.7 Å². The minimum absolute atomic E-state index is 0.528. The van der Waals surface area contributed by atoms with Gasteiger partial charge in [-0.3, -0.25) is 0 Å². The minimum atomic E-state index is -0.720. The zero-order valence-electron chi connectivity index (χ0n) is 8.61. The lowest BCUT2D eigenvalue weighted by molar-refractivity contribution is 0.0708. The summed E-state index contributed by atoms with van der Waals surface area (Å²) in [6.45, 7) is 2.16. The number of hydrogen-bond acceptors (Lipinski definition) is 3. The van der Waals surface area contributed by atoms with E-state index in [9.17, 15) is 5.11 Å². The Hall–Kier alpha value is -0.380. The van der Waals surface area contributed by atoms with E-state index in [1.807, 2.05) is 6.08 Å². The Bertz CT molecular complexity index is 376. The van der Waals surface area contributed by atoms with E-state index in [-0.39, 0.29) is 0 Å². The molecule has 0 saturated heterocycles. The molecule has 0 fully saturated rings. The first-order valence-corrected chi connectivity index (χ1v) is 6.34. The molecule has 0 bridgehead atoms. The molecule has 0 aliphatic heterocycles. The van der Waals surface area contributed by atoms with E-state index in [1.165, 1.54) is 11.3 Å². The summed E-state index contributed by atoms with van der Waals surface area (Å²) in [5.74, 6) is 0.571. The molecule has 82 valence electrons. The number of aromatic nitrogens is 1. The van der Waals surface area contributed by atoms with Gasteiger partial charge in [-0.05, 0) is 18.8 Å². The normalized spacial score (nSPS) is 30.7. The van der Waals surface area contributed by atoms with Crippen molar-refractivity contribution in [1.29, 1.82) is 0 Å². The fourth-order valence-electron chi connectivity index (χ4n) is 1.80. The highest BCUT2D eigenvalue weighted by Crippen LogP contribution is 2.32. The van der Waals surface area contributed by atoms with Gasteiger partial charge in [-0.25, -0.2) is 4.98 Å². The van der Waals surface area contributed by atoms with Crippen molar-refractivity contribution < 1.29 is 5.11 Å². The fourth-order valence-corrected chi connectivity index (χ4v) is 2.87. The van der Waals surface area contributed by atoms with Crippen molar-refractivity contribution in [2.45, 2.75) is 31.8 Å². The van der Waals surface area contributed by atoms with Crippen LogP contribution >= 0.6 is 22.9 Å². The van der Waals surface area contributed by atoms with Gasteiger partial charge in [-0.15, -0.1) is 11.3 Å². The molecule has 0 aromatic carbocycles. The number of rotatable bonds is 2. The van der Waals surface area contributed by atoms with E-state index >= 15 is 0 Å². The van der Waals surface area contributed by atoms with Gasteiger partial charge in [0.1, 0.15) is 5.15 Å². The van der Waals surface area contributed by atoms with Crippen molar-refractivity contribution in [2.24, 2.45) is 5.92 Å². The smallest absolute Gasteiger partial charge is 0.143 e. The van der Waals surface area contributed by atoms with Gasteiger partial charge >= 0.3 is 0 Å². The Labute approximate surface area is 98.6 Å². The summed E-state index contributed by atoms with van der Waals surface area (Å²) >= 11 is 7.42. The Kier molecular flexibility index (Phi) is 3.14. The molecular weight excluding hydrogens is 230 g/mol. The zero-order valence-corrected chi connectivity index (χ0v) is 10.2. The number of thiazole rings is 1. The van der Waals surface area contributed by atoms with E-state index in [2.05, 4.69) is 18.0 Å². The van der Waals surface area contributed by atoms with Crippen LogP contribution in [0.2, 0.25) is 5.15 Å². The maximum absolute atomic E-state index is 10.3. The van der Waals surface area contributed by atoms with Crippen LogP contribution in [0.25, 0.3) is 0 Å². The lowest BCUT2D eigenvalue weighted by Gasteiger charge is -2.29. The van der Waals surface area contributed by atoms with Gasteiger partial charge in [0.15, 0.2) is 0 Å². The van der Waals surface area contributed by atoms with Crippen molar-refractivity contribution in [3.63, 3.8) is 0 Å². The summed E-state index contributed by atoms with van der Waals surface area (Å²) < 4.78 is 0. The summed E-state index contributed by atoms with van der Waals surface area (Å²) in [5.41, 5.74) is 0.999. The van der Waals surface area contributed by atoms with Crippen molar-refractivity contribution in [2.75, 3.05) is 0 Å². The summed E-state index contributed by atoms with van der Waals surface area (Å²) in [6.07, 6.45) is 6.41. The third-order valence-electron chi connectivity index (χ3n) is 2.83. The largest absolute Gasteiger partial charge is 0.385 e. The molecule has 1 aromatic heterocycles. The average Bonchev–Trinajstić information content (AvgIpc) is 2.58. The van der Waals surface area contributed by atoms with Crippen molar-refractivity contribution in [3.8, 4) is 0 Å². The Balaban J connectivity index is 2.12. The van der Waals surface area contributed by atoms with Gasteiger partial charge in [-0.1, -0.05) is 30.7 Å². The average molecular weight is 244 g/mol. The Morgan fingerprint density at radius 3 is 3.07 bits per heavy atom. The molecule has 1 N–H and O–H groups in total. The van der Waals surface area contributed by atoms with Gasteiger partial charge < -0.3 is 5.11 Å². The molecule has 0 saturated carbocycles. The van der Waals surface area contributed by atoms with Crippen LogP contribution in [-0.4, -0.2) is 15.7 Å². The number of allylic oxidation sites excluding steroid dienone is 1. The van der Waals surface area contributed by atoms with Crippen molar-refractivity contribution >= 4 is 22.9 Å². The lowest BCUT2D eigenvalue weighted by Crippen LogP contribution is -2.31. The van der Waals surface area contributed by atoms with Crippen LogP contribution in [-0.2, 0) is 6.42 Å². The van der Waals surface area contributed by atoms with Gasteiger partial charge in [0, 0.05) is 11.3 Å². The van der Waals surface area contributed by atoms with Crippen LogP contribution in [0.1, 0.15) is 24.6 Å². The van der Waals surface area contributed by atoms with Crippen LogP contribution in [0.4, 0.5) is 0 Å². The molecule has 1 aliphatic carbocycles. The van der Waals surface area contributed by atoms with E-state index in [4.69, 9.17) is 11.6 Å². The monoisotopic (exact) mass is 243 g/mol. The van der Waals surface area contributed by atoms with Gasteiger partial charge in [0.05, 0.1) is 11.1 Å². The highest BCUT2D eigenvalue weighted by Gasteiger charge is 2.29. The summed E-state index contributed by atoms with van der Waals surface area (Å²) in [5, 5.41) is 10.8. The molecule has 2 unspecified atom stereocenters. The van der Waals surface area contributed by atoms with E-state index in [0.29, 0.717) is 17.5 Å². The third kappa shape index (κ3) is 2.60. The predicted molar refractivity (Wildman–Crippen MR) is 63.3 cm³/mol. The molecule has 1 aromatic rings. The van der Waals surface area contributed by atoms with Crippen LogP contribution in [0.5, 0.6) is 0 Å². The summed E-state index contributed by atoms with van der Waals surface area (Å²) in [7, 11) is 0. The second-order valence-corrected chi connectivity index (χ2v) is 5.52. The number of halogens is 1. The molecule has 1 aliphatic rings. The lowest BCUT2D eigenvalue weighted by atomic mass is 9.84. The predicted octanol–water partition coefficient (Wildman–Crippen LogP) is 3.06. The molecule has 1 heterocycles. The quantitative estimate of drug-likeness (QED) is 0.810. The number of aliphatic hydroxyl groups is 1. The van der Waals surface area contributed by atoms with Crippen LogP contribution < -0.4 is 0 Å². The van der Waals surface area contributed by atoms with E-state index in [1.54, 1.807) is 5.51 Å². The Morgan fingerprint density at radius 2 is 2.53 bits per heavy atom. The Morgan fingerprint density at radius 1 is 1.73 bits per heavy atom. The third-order valence-corrected chi connectivity index (χ3v) is 4.10. The topological polar surface area (TPSA) is 33.1 Å². The molecule has 2 rings (SSSR count). The molecule has 2 nitrogen and oxygen atoms in total. The van der Waals surface area contributed by atoms with Crippen molar-refractivity contribution in [1.82, 2.24) is 4.98 Å². The minimum Gasteiger partial charge on any atom is -0.385 e. The molecule has 0 radical (unpaired) electrons. The number of nitrogens with zero attached hydrogens (tertiary/aromatic N) is 1. The molecule has 0 amide bonds. The highest BCUT2D eigenvalue weighted by atomic mass is 35.5. The first-order valence-electron chi connectivity index (χ1n) is 5.09. The first kappa shape index (κ1) is 11.1. The molecule has 15 heavy (non-hydrogen) atoms. The molecule has 4 heteroatoms. The van der Waals surface area contributed by atoms with Gasteiger partial charge in [0.2, 0.25) is 0 Å². The van der Waals surface area contributed by atoms with Crippen LogP contribution in [0, 0.1) is 5.92 Å². The van der Waals surface area contributed by atoms with Crippen LogP contribution in [0.3, 0.4) is 0 Å². The SMILES string of the molecule is CC1C=CC(O)(Cc2scnc2Cl)CC1. The molecular formula is C11H14ClNOS. The zero-order chi connectivity index (χ0) is 10.9. The maximum atomic E-state index is 10.3. The second kappa shape index (κ2) is 4.24. The first-order chi connectivity index (χ1) is 7.09. The molecule has 2 atom stereocenters. The van der Waals surface area contributed by atoms with Crippen molar-refractivity contribution in [3.05, 3.63) is 27.7 Å². The van der Waals surface area contributed by atoms with Crippen LogP contribution in [0.15, 0.2) is 17.7 Å².